The number of ether oxygens (including phenoxy) is 2. The summed E-state index contributed by atoms with van der Waals surface area (Å²) in [5.74, 6) is 0.526. The lowest BCUT2D eigenvalue weighted by Gasteiger charge is -2.67. The number of nitrogens with zero attached hydrogens (tertiary/aromatic N) is 1. The molecule has 0 spiro atoms. The van der Waals surface area contributed by atoms with Crippen molar-refractivity contribution >= 4 is 0 Å². The van der Waals surface area contributed by atoms with E-state index in [1.54, 1.807) is 0 Å². The second-order valence-corrected chi connectivity index (χ2v) is 7.63. The number of nitrogens with two attached hydrogens (primary N) is 1. The molecule has 1 aliphatic carbocycles. The van der Waals surface area contributed by atoms with Crippen LogP contribution in [-0.4, -0.2) is 56.0 Å². The highest BCUT2D eigenvalue weighted by Crippen LogP contribution is 2.57. The fourth-order valence-corrected chi connectivity index (χ4v) is 4.63. The third-order valence-corrected chi connectivity index (χ3v) is 5.97. The number of hydrogen-bond donors (Lipinski definition) is 1. The smallest absolute Gasteiger partial charge is 0.0702 e. The van der Waals surface area contributed by atoms with Crippen molar-refractivity contribution in [2.45, 2.75) is 57.3 Å². The van der Waals surface area contributed by atoms with Gasteiger partial charge in [-0.1, -0.05) is 13.8 Å². The van der Waals surface area contributed by atoms with E-state index in [9.17, 15) is 0 Å². The van der Waals surface area contributed by atoms with E-state index < -0.39 is 0 Å². The highest BCUT2D eigenvalue weighted by molar-refractivity contribution is 5.20. The maximum Gasteiger partial charge on any atom is 0.0702 e. The average Bonchev–Trinajstić information content (AvgIpc) is 2.91. The van der Waals surface area contributed by atoms with Crippen LogP contribution in [0.4, 0.5) is 0 Å². The Labute approximate surface area is 123 Å². The Kier molecular flexibility index (Phi) is 3.87. The van der Waals surface area contributed by atoms with Gasteiger partial charge in [0.2, 0.25) is 0 Å². The summed E-state index contributed by atoms with van der Waals surface area (Å²) in [6.07, 6.45) is 5.54. The number of rotatable bonds is 4. The van der Waals surface area contributed by atoms with Crippen LogP contribution in [0.25, 0.3) is 0 Å². The highest BCUT2D eigenvalue weighted by atomic mass is 16.5. The number of fused-ring (bicyclic) bond motifs is 1. The second-order valence-electron chi connectivity index (χ2n) is 7.63. The summed E-state index contributed by atoms with van der Waals surface area (Å²) in [4.78, 5) is 2.38. The van der Waals surface area contributed by atoms with Gasteiger partial charge in [0.05, 0.1) is 12.2 Å². The topological polar surface area (TPSA) is 47.7 Å². The molecule has 0 aromatic heterocycles. The molecule has 4 heteroatoms. The summed E-state index contributed by atoms with van der Waals surface area (Å²) in [6, 6.07) is 0. The molecule has 0 aromatic rings. The molecule has 2 N–H and O–H groups in total. The minimum Gasteiger partial charge on any atom is -0.377 e. The molecule has 4 atom stereocenters. The Bertz CT molecular complexity index is 354. The first kappa shape index (κ1) is 14.8. The third kappa shape index (κ3) is 2.21. The van der Waals surface area contributed by atoms with Gasteiger partial charge in [0.15, 0.2) is 0 Å². The quantitative estimate of drug-likeness (QED) is 0.851. The SMILES string of the molecule is CN(CC1CCCO1)CC1(N)C2CCCOC2C1(C)C. The van der Waals surface area contributed by atoms with Crippen LogP contribution in [0, 0.1) is 11.3 Å². The van der Waals surface area contributed by atoms with Crippen molar-refractivity contribution in [3.8, 4) is 0 Å². The molecule has 0 radical (unpaired) electrons. The summed E-state index contributed by atoms with van der Waals surface area (Å²) < 4.78 is 11.7. The zero-order valence-corrected chi connectivity index (χ0v) is 13.2. The summed E-state index contributed by atoms with van der Waals surface area (Å²) >= 11 is 0. The van der Waals surface area contributed by atoms with E-state index in [0.717, 1.165) is 32.7 Å². The first-order chi connectivity index (χ1) is 9.45. The van der Waals surface area contributed by atoms with E-state index in [4.69, 9.17) is 15.2 Å². The van der Waals surface area contributed by atoms with Crippen molar-refractivity contribution in [3.05, 3.63) is 0 Å². The zero-order chi connectivity index (χ0) is 14.4. The standard InChI is InChI=1S/C16H30N2O2/c1-15(2)14-13(7-5-9-20-14)16(15,17)11-18(3)10-12-6-4-8-19-12/h12-14H,4-11,17H2,1-3H3. The Morgan fingerprint density at radius 3 is 2.55 bits per heavy atom. The molecule has 116 valence electrons. The molecule has 3 aliphatic rings. The van der Waals surface area contributed by atoms with Crippen molar-refractivity contribution in [2.24, 2.45) is 17.1 Å². The minimum atomic E-state index is -0.120. The molecule has 1 saturated carbocycles. The summed E-state index contributed by atoms with van der Waals surface area (Å²) in [7, 11) is 2.18. The minimum absolute atomic E-state index is 0.0723. The van der Waals surface area contributed by atoms with Gasteiger partial charge in [0.1, 0.15) is 0 Å². The Morgan fingerprint density at radius 2 is 1.85 bits per heavy atom. The lowest BCUT2D eigenvalue weighted by atomic mass is 9.46. The fourth-order valence-electron chi connectivity index (χ4n) is 4.63. The Balaban J connectivity index is 1.62. The maximum absolute atomic E-state index is 6.85. The molecule has 4 unspecified atom stereocenters. The van der Waals surface area contributed by atoms with Gasteiger partial charge in [-0.2, -0.15) is 0 Å². The van der Waals surface area contributed by atoms with Gasteiger partial charge in [0, 0.05) is 43.2 Å². The molecule has 3 fully saturated rings. The van der Waals surface area contributed by atoms with Gasteiger partial charge in [-0.25, -0.2) is 0 Å². The first-order valence-electron chi connectivity index (χ1n) is 8.16. The fraction of sp³-hybridized carbons (Fsp3) is 1.00. The van der Waals surface area contributed by atoms with Gasteiger partial charge < -0.3 is 20.1 Å². The maximum atomic E-state index is 6.85. The third-order valence-electron chi connectivity index (χ3n) is 5.97. The summed E-state index contributed by atoms with van der Waals surface area (Å²) in [5.41, 5.74) is 6.80. The van der Waals surface area contributed by atoms with Gasteiger partial charge in [0.25, 0.3) is 0 Å². The molecule has 3 rings (SSSR count). The molecule has 0 amide bonds. The molecule has 2 heterocycles. The van der Waals surface area contributed by atoms with Crippen molar-refractivity contribution in [1.29, 1.82) is 0 Å². The summed E-state index contributed by atoms with van der Waals surface area (Å²) in [5, 5.41) is 0. The predicted molar refractivity (Wildman–Crippen MR) is 79.6 cm³/mol. The van der Waals surface area contributed by atoms with Crippen molar-refractivity contribution < 1.29 is 9.47 Å². The zero-order valence-electron chi connectivity index (χ0n) is 13.2. The van der Waals surface area contributed by atoms with Gasteiger partial charge >= 0.3 is 0 Å². The van der Waals surface area contributed by atoms with Gasteiger partial charge in [-0.05, 0) is 32.7 Å². The monoisotopic (exact) mass is 282 g/mol. The van der Waals surface area contributed by atoms with Crippen LogP contribution >= 0.6 is 0 Å². The highest BCUT2D eigenvalue weighted by Gasteiger charge is 2.66. The largest absolute Gasteiger partial charge is 0.377 e. The van der Waals surface area contributed by atoms with E-state index in [1.165, 1.54) is 19.3 Å². The number of likely N-dealkylation sites (N-methyl/N-ethyl adjacent to an activating group) is 1. The van der Waals surface area contributed by atoms with E-state index in [-0.39, 0.29) is 11.0 Å². The molecule has 20 heavy (non-hydrogen) atoms. The van der Waals surface area contributed by atoms with Crippen LogP contribution in [0.15, 0.2) is 0 Å². The number of hydrogen-bond acceptors (Lipinski definition) is 4. The molecule has 2 saturated heterocycles. The van der Waals surface area contributed by atoms with Crippen molar-refractivity contribution in [3.63, 3.8) is 0 Å². The van der Waals surface area contributed by atoms with Crippen molar-refractivity contribution in [1.82, 2.24) is 4.90 Å². The first-order valence-corrected chi connectivity index (χ1v) is 8.16. The Hall–Kier alpha value is -0.160. The van der Waals surface area contributed by atoms with E-state index >= 15 is 0 Å². The van der Waals surface area contributed by atoms with Gasteiger partial charge in [-0.15, -0.1) is 0 Å². The molecular weight excluding hydrogens is 252 g/mol. The lowest BCUT2D eigenvalue weighted by Crippen LogP contribution is -2.80. The second kappa shape index (κ2) is 5.24. The molecular formula is C16H30N2O2. The van der Waals surface area contributed by atoms with Gasteiger partial charge in [-0.3, -0.25) is 0 Å². The molecule has 0 bridgehead atoms. The van der Waals surface area contributed by atoms with Crippen LogP contribution in [0.3, 0.4) is 0 Å². The molecule has 4 nitrogen and oxygen atoms in total. The Morgan fingerprint density at radius 1 is 1.15 bits per heavy atom. The summed E-state index contributed by atoms with van der Waals surface area (Å²) in [6.45, 7) is 8.35. The van der Waals surface area contributed by atoms with Crippen molar-refractivity contribution in [2.75, 3.05) is 33.4 Å². The van der Waals surface area contributed by atoms with Crippen LogP contribution in [0.2, 0.25) is 0 Å². The van der Waals surface area contributed by atoms with E-state index in [0.29, 0.717) is 18.1 Å². The van der Waals surface area contributed by atoms with Crippen LogP contribution in [0.5, 0.6) is 0 Å². The molecule has 2 aliphatic heterocycles. The van der Waals surface area contributed by atoms with Crippen LogP contribution in [0.1, 0.15) is 39.5 Å². The molecule has 0 aromatic carbocycles. The van der Waals surface area contributed by atoms with E-state index in [1.807, 2.05) is 0 Å². The predicted octanol–water partition coefficient (Wildman–Crippen LogP) is 1.63. The van der Waals surface area contributed by atoms with Crippen LogP contribution < -0.4 is 5.73 Å². The van der Waals surface area contributed by atoms with E-state index in [2.05, 4.69) is 25.8 Å². The lowest BCUT2D eigenvalue weighted by molar-refractivity contribution is -0.231. The van der Waals surface area contributed by atoms with Crippen LogP contribution in [-0.2, 0) is 9.47 Å². The average molecular weight is 282 g/mol. The normalized spacial score (nSPS) is 43.4.